The molecule has 0 radical (unpaired) electrons. The summed E-state index contributed by atoms with van der Waals surface area (Å²) in [5.74, 6) is -2.10. The van der Waals surface area contributed by atoms with Gasteiger partial charge in [-0.2, -0.15) is 0 Å². The van der Waals surface area contributed by atoms with Crippen LogP contribution in [0.15, 0.2) is 77.2 Å². The van der Waals surface area contributed by atoms with E-state index in [2.05, 4.69) is 0 Å². The summed E-state index contributed by atoms with van der Waals surface area (Å²) in [5.41, 5.74) is 0.711. The van der Waals surface area contributed by atoms with Gasteiger partial charge in [0.1, 0.15) is 51.9 Å². The Morgan fingerprint density at radius 3 is 2.08 bits per heavy atom. The van der Waals surface area contributed by atoms with Gasteiger partial charge in [-0.05, 0) is 54.1 Å². The molecule has 0 saturated carbocycles. The number of aromatic hydroxyl groups is 5. The molecule has 5 N–H and O–H groups in total. The Kier molecular flexibility index (Phi) is 5.43. The number of phenolic OH excluding ortho intramolecular Hbond substituents is 5. The smallest absolute Gasteiger partial charge is 0.201 e. The number of ether oxygens (including phenoxy) is 1. The maximum atomic E-state index is 13.8. The number of furan rings is 1. The van der Waals surface area contributed by atoms with Crippen LogP contribution in [0.5, 0.6) is 34.5 Å². The molecular weight excluding hydrogens is 504 g/mol. The summed E-state index contributed by atoms with van der Waals surface area (Å²) in [5, 5.41) is 50.5. The molecular formula is C30H20O9. The third-order valence-corrected chi connectivity index (χ3v) is 6.67. The van der Waals surface area contributed by atoms with Crippen LogP contribution < -0.4 is 4.74 Å². The van der Waals surface area contributed by atoms with Crippen LogP contribution in [0.1, 0.15) is 44.4 Å². The fraction of sp³-hybridized carbons (Fsp3) is 0.0667. The standard InChI is InChI=1S/C30H20O9/c31-16-5-1-14(2-6-16)23-12-21(35)25-24(38-23)13-22(36)26-27(28(37)19-10-9-18(33)11-20(19)34)29(39-30(25)26)15-3-7-17(32)8-4-15/h1-11,13,23,31-34,36H,12H2/t23-/m0/s1. The molecule has 2 heterocycles. The molecule has 194 valence electrons. The molecule has 0 fully saturated rings. The summed E-state index contributed by atoms with van der Waals surface area (Å²) >= 11 is 0. The van der Waals surface area contributed by atoms with Crippen molar-refractivity contribution in [2.24, 2.45) is 0 Å². The second-order valence-corrected chi connectivity index (χ2v) is 9.18. The molecule has 0 saturated heterocycles. The lowest BCUT2D eigenvalue weighted by Gasteiger charge is -2.25. The molecule has 1 aliphatic heterocycles. The number of Topliss-reactive ketones (excluding diaryl/α,β-unsaturated/α-hetero) is 1. The predicted octanol–water partition coefficient (Wildman–Crippen LogP) is 5.57. The van der Waals surface area contributed by atoms with Crippen LogP contribution >= 0.6 is 0 Å². The third kappa shape index (κ3) is 3.97. The van der Waals surface area contributed by atoms with Crippen molar-refractivity contribution in [3.63, 3.8) is 0 Å². The van der Waals surface area contributed by atoms with E-state index in [0.717, 1.165) is 6.07 Å². The molecule has 0 amide bonds. The first-order valence-corrected chi connectivity index (χ1v) is 11.9. The Bertz CT molecular complexity index is 1780. The zero-order valence-corrected chi connectivity index (χ0v) is 20.1. The average Bonchev–Trinajstić information content (AvgIpc) is 3.30. The van der Waals surface area contributed by atoms with Crippen LogP contribution in [-0.4, -0.2) is 37.1 Å². The van der Waals surface area contributed by atoms with Gasteiger partial charge in [0.05, 0.1) is 22.9 Å². The van der Waals surface area contributed by atoms with Crippen molar-refractivity contribution in [1.29, 1.82) is 0 Å². The number of hydrogen-bond donors (Lipinski definition) is 5. The van der Waals surface area contributed by atoms with Crippen LogP contribution in [0.4, 0.5) is 0 Å². The van der Waals surface area contributed by atoms with E-state index in [9.17, 15) is 35.1 Å². The molecule has 1 aliphatic rings. The van der Waals surface area contributed by atoms with Crippen molar-refractivity contribution >= 4 is 22.5 Å². The highest BCUT2D eigenvalue weighted by atomic mass is 16.5. The maximum Gasteiger partial charge on any atom is 0.201 e. The fourth-order valence-electron chi connectivity index (χ4n) is 4.81. The first kappa shape index (κ1) is 23.9. The molecule has 39 heavy (non-hydrogen) atoms. The number of hydrogen-bond acceptors (Lipinski definition) is 9. The van der Waals surface area contributed by atoms with Gasteiger partial charge in [-0.25, -0.2) is 0 Å². The van der Waals surface area contributed by atoms with Crippen molar-refractivity contribution in [2.45, 2.75) is 12.5 Å². The van der Waals surface area contributed by atoms with Crippen molar-refractivity contribution in [3.8, 4) is 45.8 Å². The van der Waals surface area contributed by atoms with Crippen molar-refractivity contribution in [1.82, 2.24) is 0 Å². The predicted molar refractivity (Wildman–Crippen MR) is 139 cm³/mol. The Labute approximate surface area is 220 Å². The van der Waals surface area contributed by atoms with Gasteiger partial charge in [-0.15, -0.1) is 0 Å². The number of phenols is 5. The topological polar surface area (TPSA) is 158 Å². The first-order valence-electron chi connectivity index (χ1n) is 11.9. The molecule has 6 rings (SSSR count). The summed E-state index contributed by atoms with van der Waals surface area (Å²) in [4.78, 5) is 27.2. The van der Waals surface area contributed by atoms with Gasteiger partial charge >= 0.3 is 0 Å². The lowest BCUT2D eigenvalue weighted by molar-refractivity contribution is 0.0850. The molecule has 0 unspecified atom stereocenters. The maximum absolute atomic E-state index is 13.8. The molecule has 1 atom stereocenters. The lowest BCUT2D eigenvalue weighted by atomic mass is 9.92. The summed E-state index contributed by atoms with van der Waals surface area (Å²) in [6, 6.07) is 16.7. The summed E-state index contributed by atoms with van der Waals surface area (Å²) in [6.07, 6.45) is -0.737. The Morgan fingerprint density at radius 2 is 1.41 bits per heavy atom. The van der Waals surface area contributed by atoms with E-state index >= 15 is 0 Å². The Hall–Kier alpha value is -5.44. The van der Waals surface area contributed by atoms with E-state index in [1.807, 2.05) is 0 Å². The van der Waals surface area contributed by atoms with Crippen LogP contribution in [0.25, 0.3) is 22.3 Å². The third-order valence-electron chi connectivity index (χ3n) is 6.67. The Morgan fingerprint density at radius 1 is 0.769 bits per heavy atom. The number of ketones is 2. The molecule has 5 aromatic rings. The van der Waals surface area contributed by atoms with Crippen molar-refractivity contribution < 1.29 is 44.3 Å². The lowest BCUT2D eigenvalue weighted by Crippen LogP contribution is -2.20. The first-order chi connectivity index (χ1) is 18.7. The van der Waals surface area contributed by atoms with E-state index in [1.54, 1.807) is 12.1 Å². The minimum absolute atomic E-state index is 0.000340. The highest BCUT2D eigenvalue weighted by Gasteiger charge is 2.36. The quantitative estimate of drug-likeness (QED) is 0.190. The van der Waals surface area contributed by atoms with Crippen LogP contribution in [0.3, 0.4) is 0 Å². The number of rotatable bonds is 4. The van der Waals surface area contributed by atoms with Gasteiger partial charge in [-0.1, -0.05) is 12.1 Å². The van der Waals surface area contributed by atoms with Crippen molar-refractivity contribution in [2.75, 3.05) is 0 Å². The fourth-order valence-corrected chi connectivity index (χ4v) is 4.81. The largest absolute Gasteiger partial charge is 0.508 e. The zero-order chi connectivity index (χ0) is 27.4. The molecule has 0 bridgehead atoms. The normalized spacial score (nSPS) is 14.7. The zero-order valence-electron chi connectivity index (χ0n) is 20.1. The van der Waals surface area contributed by atoms with E-state index in [0.29, 0.717) is 11.1 Å². The summed E-state index contributed by atoms with van der Waals surface area (Å²) in [6.45, 7) is 0. The van der Waals surface area contributed by atoms with Gasteiger partial charge in [0, 0.05) is 17.7 Å². The molecule has 9 nitrogen and oxygen atoms in total. The van der Waals surface area contributed by atoms with Crippen LogP contribution in [0.2, 0.25) is 0 Å². The number of carbonyl (C=O) groups is 2. The SMILES string of the molecule is O=C1C[C@@H](c2ccc(O)cc2)Oc2cc(O)c3c(C(=O)c4ccc(O)cc4O)c(-c4ccc(O)cc4)oc3c21. The van der Waals surface area contributed by atoms with Gasteiger partial charge < -0.3 is 34.7 Å². The Balaban J connectivity index is 1.57. The minimum Gasteiger partial charge on any atom is -0.508 e. The van der Waals surface area contributed by atoms with Crippen molar-refractivity contribution in [3.05, 3.63) is 95.1 Å². The second kappa shape index (κ2) is 8.84. The molecule has 4 aromatic carbocycles. The second-order valence-electron chi connectivity index (χ2n) is 9.18. The number of benzene rings is 4. The van der Waals surface area contributed by atoms with E-state index < -0.39 is 23.4 Å². The average molecular weight is 524 g/mol. The monoisotopic (exact) mass is 524 g/mol. The van der Waals surface area contributed by atoms with E-state index in [1.165, 1.54) is 54.6 Å². The molecule has 0 spiro atoms. The molecule has 9 heteroatoms. The number of carbonyl (C=O) groups excluding carboxylic acids is 2. The minimum atomic E-state index is -0.726. The van der Waals surface area contributed by atoms with Gasteiger partial charge in [0.15, 0.2) is 11.4 Å². The van der Waals surface area contributed by atoms with Gasteiger partial charge in [0.25, 0.3) is 0 Å². The van der Waals surface area contributed by atoms with Crippen LogP contribution in [0, 0.1) is 0 Å². The molecule has 0 aliphatic carbocycles. The number of fused-ring (bicyclic) bond motifs is 3. The van der Waals surface area contributed by atoms with Gasteiger partial charge in [-0.3, -0.25) is 9.59 Å². The highest BCUT2D eigenvalue weighted by Crippen LogP contribution is 2.48. The highest BCUT2D eigenvalue weighted by molar-refractivity contribution is 6.24. The van der Waals surface area contributed by atoms with Crippen LogP contribution in [-0.2, 0) is 0 Å². The summed E-state index contributed by atoms with van der Waals surface area (Å²) < 4.78 is 12.2. The van der Waals surface area contributed by atoms with E-state index in [4.69, 9.17) is 9.15 Å². The van der Waals surface area contributed by atoms with E-state index in [-0.39, 0.29) is 68.6 Å². The van der Waals surface area contributed by atoms with Gasteiger partial charge in [0.2, 0.25) is 5.78 Å². The molecule has 1 aromatic heterocycles. The summed E-state index contributed by atoms with van der Waals surface area (Å²) in [7, 11) is 0.